The van der Waals surface area contributed by atoms with E-state index in [1.165, 1.54) is 44.1 Å². The van der Waals surface area contributed by atoms with Gasteiger partial charge in [0.1, 0.15) is 0 Å². The van der Waals surface area contributed by atoms with Gasteiger partial charge in [-0.25, -0.2) is 0 Å². The fourth-order valence-electron chi connectivity index (χ4n) is 3.67. The summed E-state index contributed by atoms with van der Waals surface area (Å²) in [6, 6.07) is 34.0. The largest absolute Gasteiger partial charge is 0.354 e. The molecule has 1 heteroatoms. The summed E-state index contributed by atoms with van der Waals surface area (Å²) < 4.78 is 0. The van der Waals surface area contributed by atoms with Crippen molar-refractivity contribution in [3.63, 3.8) is 0 Å². The van der Waals surface area contributed by atoms with Crippen molar-refractivity contribution in [2.24, 2.45) is 0 Å². The maximum atomic E-state index is 3.59. The van der Waals surface area contributed by atoms with Crippen molar-refractivity contribution >= 4 is 46.1 Å². The first-order valence-corrected chi connectivity index (χ1v) is 9.87. The predicted octanol–water partition coefficient (Wildman–Crippen LogP) is 7.66. The Balaban J connectivity index is 1.46. The minimum Gasteiger partial charge on any atom is -0.354 e. The zero-order valence-corrected chi connectivity index (χ0v) is 16.0. The Labute approximate surface area is 170 Å². The molecular weight excluding hydrogens is 350 g/mol. The topological polar surface area (TPSA) is 15.8 Å². The van der Waals surface area contributed by atoms with E-state index in [0.29, 0.717) is 0 Å². The van der Waals surface area contributed by atoms with Gasteiger partial charge in [-0.1, -0.05) is 109 Å². The Morgan fingerprint density at radius 3 is 1.28 bits per heavy atom. The van der Waals surface area contributed by atoms with Gasteiger partial charge in [0.25, 0.3) is 0 Å². The SMILES string of the molecule is C(=C\c1ccc2c(c1)[nH]c1cc(/C=C/c3ccccc3)ccc12)/c1ccccc1. The monoisotopic (exact) mass is 371 g/mol. The predicted molar refractivity (Wildman–Crippen MR) is 127 cm³/mol. The average molecular weight is 371 g/mol. The fraction of sp³-hybridized carbons (Fsp3) is 0. The second-order valence-electron chi connectivity index (χ2n) is 7.22. The quantitative estimate of drug-likeness (QED) is 0.312. The molecule has 5 rings (SSSR count). The van der Waals surface area contributed by atoms with Crippen LogP contribution in [0.1, 0.15) is 22.3 Å². The van der Waals surface area contributed by atoms with E-state index >= 15 is 0 Å². The molecule has 1 heterocycles. The second kappa shape index (κ2) is 7.65. The normalized spacial score (nSPS) is 11.9. The van der Waals surface area contributed by atoms with Crippen LogP contribution in [0.25, 0.3) is 46.1 Å². The summed E-state index contributed by atoms with van der Waals surface area (Å²) in [4.78, 5) is 3.59. The number of benzene rings is 4. The molecule has 0 aliphatic carbocycles. The highest BCUT2D eigenvalue weighted by atomic mass is 14.7. The second-order valence-corrected chi connectivity index (χ2v) is 7.22. The highest BCUT2D eigenvalue weighted by Gasteiger charge is 2.05. The molecule has 29 heavy (non-hydrogen) atoms. The molecule has 138 valence electrons. The molecule has 0 radical (unpaired) electrons. The van der Waals surface area contributed by atoms with Gasteiger partial charge in [-0.15, -0.1) is 0 Å². The lowest BCUT2D eigenvalue weighted by Crippen LogP contribution is -1.74. The van der Waals surface area contributed by atoms with E-state index in [4.69, 9.17) is 0 Å². The van der Waals surface area contributed by atoms with E-state index in [1.54, 1.807) is 0 Å². The maximum Gasteiger partial charge on any atom is 0.0470 e. The summed E-state index contributed by atoms with van der Waals surface area (Å²) in [5, 5.41) is 2.52. The van der Waals surface area contributed by atoms with Gasteiger partial charge < -0.3 is 4.98 Å². The van der Waals surface area contributed by atoms with Gasteiger partial charge in [0.05, 0.1) is 0 Å². The van der Waals surface area contributed by atoms with Crippen molar-refractivity contribution in [1.82, 2.24) is 4.98 Å². The third-order valence-corrected chi connectivity index (χ3v) is 5.18. The number of hydrogen-bond acceptors (Lipinski definition) is 0. The van der Waals surface area contributed by atoms with E-state index in [-0.39, 0.29) is 0 Å². The highest BCUT2D eigenvalue weighted by molar-refractivity contribution is 6.08. The molecule has 0 fully saturated rings. The van der Waals surface area contributed by atoms with Crippen molar-refractivity contribution in [1.29, 1.82) is 0 Å². The van der Waals surface area contributed by atoms with Crippen molar-refractivity contribution in [2.75, 3.05) is 0 Å². The fourth-order valence-corrected chi connectivity index (χ4v) is 3.67. The van der Waals surface area contributed by atoms with Crippen LogP contribution in [0.4, 0.5) is 0 Å². The lowest BCUT2D eigenvalue weighted by atomic mass is 10.1. The van der Waals surface area contributed by atoms with Crippen LogP contribution >= 0.6 is 0 Å². The third-order valence-electron chi connectivity index (χ3n) is 5.18. The summed E-state index contributed by atoms with van der Waals surface area (Å²) in [5.41, 5.74) is 7.13. The van der Waals surface area contributed by atoms with Crippen LogP contribution in [0.15, 0.2) is 97.1 Å². The van der Waals surface area contributed by atoms with Crippen molar-refractivity contribution in [2.45, 2.75) is 0 Å². The molecule has 0 atom stereocenters. The van der Waals surface area contributed by atoms with Gasteiger partial charge in [-0.05, 0) is 34.4 Å². The maximum absolute atomic E-state index is 3.59. The zero-order chi connectivity index (χ0) is 19.5. The lowest BCUT2D eigenvalue weighted by Gasteiger charge is -1.97. The highest BCUT2D eigenvalue weighted by Crippen LogP contribution is 2.28. The van der Waals surface area contributed by atoms with Gasteiger partial charge in [-0.3, -0.25) is 0 Å². The van der Waals surface area contributed by atoms with Gasteiger partial charge >= 0.3 is 0 Å². The molecule has 0 amide bonds. The van der Waals surface area contributed by atoms with E-state index in [9.17, 15) is 0 Å². The third kappa shape index (κ3) is 3.76. The zero-order valence-electron chi connectivity index (χ0n) is 16.0. The van der Waals surface area contributed by atoms with E-state index in [1.807, 2.05) is 12.1 Å². The summed E-state index contributed by atoms with van der Waals surface area (Å²) in [5.74, 6) is 0. The van der Waals surface area contributed by atoms with Crippen LogP contribution in [0.2, 0.25) is 0 Å². The molecule has 5 aromatic rings. The van der Waals surface area contributed by atoms with E-state index in [2.05, 4.69) is 114 Å². The summed E-state index contributed by atoms with van der Waals surface area (Å²) in [7, 11) is 0. The van der Waals surface area contributed by atoms with Crippen LogP contribution in [0.5, 0.6) is 0 Å². The molecule has 0 unspecified atom stereocenters. The van der Waals surface area contributed by atoms with Gasteiger partial charge in [-0.2, -0.15) is 0 Å². The molecule has 0 spiro atoms. The lowest BCUT2D eigenvalue weighted by molar-refractivity contribution is 1.53. The van der Waals surface area contributed by atoms with Crippen LogP contribution in [0, 0.1) is 0 Å². The van der Waals surface area contributed by atoms with Gasteiger partial charge in [0.15, 0.2) is 0 Å². The molecule has 0 saturated heterocycles. The van der Waals surface area contributed by atoms with E-state index in [0.717, 1.165) is 0 Å². The average Bonchev–Trinajstić information content (AvgIpc) is 3.14. The number of fused-ring (bicyclic) bond motifs is 3. The molecule has 1 N–H and O–H groups in total. The van der Waals surface area contributed by atoms with Gasteiger partial charge in [0, 0.05) is 21.8 Å². The summed E-state index contributed by atoms with van der Waals surface area (Å²) in [6.07, 6.45) is 8.62. The Morgan fingerprint density at radius 1 is 0.414 bits per heavy atom. The van der Waals surface area contributed by atoms with Crippen LogP contribution in [0.3, 0.4) is 0 Å². The Hall–Kier alpha value is -3.84. The molecule has 0 aliphatic rings. The number of H-pyrrole nitrogens is 1. The summed E-state index contributed by atoms with van der Waals surface area (Å²) in [6.45, 7) is 0. The first-order valence-electron chi connectivity index (χ1n) is 9.87. The standard InChI is InChI=1S/C28H21N/c1-3-7-21(8-4-1)11-13-23-15-17-25-26-18-16-24(20-28(26)29-27(25)19-23)14-12-22-9-5-2-6-10-22/h1-20,29H/b13-11+,14-12+. The van der Waals surface area contributed by atoms with Crippen LogP contribution < -0.4 is 0 Å². The minimum absolute atomic E-state index is 1.17. The Kier molecular flexibility index (Phi) is 4.56. The Bertz CT molecular complexity index is 1220. The van der Waals surface area contributed by atoms with Crippen molar-refractivity contribution in [3.05, 3.63) is 119 Å². The number of aromatic nitrogens is 1. The number of aromatic amines is 1. The smallest absolute Gasteiger partial charge is 0.0470 e. The molecule has 0 aliphatic heterocycles. The van der Waals surface area contributed by atoms with Crippen LogP contribution in [-0.4, -0.2) is 4.98 Å². The summed E-state index contributed by atoms with van der Waals surface area (Å²) >= 11 is 0. The molecule has 0 bridgehead atoms. The minimum atomic E-state index is 1.17. The number of hydrogen-bond donors (Lipinski definition) is 1. The molecule has 1 aromatic heterocycles. The van der Waals surface area contributed by atoms with Crippen molar-refractivity contribution < 1.29 is 0 Å². The molecule has 4 aromatic carbocycles. The van der Waals surface area contributed by atoms with E-state index < -0.39 is 0 Å². The van der Waals surface area contributed by atoms with Crippen molar-refractivity contribution in [3.8, 4) is 0 Å². The Morgan fingerprint density at radius 2 is 0.828 bits per heavy atom. The van der Waals surface area contributed by atoms with Gasteiger partial charge in [0.2, 0.25) is 0 Å². The first-order chi connectivity index (χ1) is 14.3. The number of nitrogens with one attached hydrogen (secondary N) is 1. The molecule has 0 saturated carbocycles. The molecular formula is C28H21N. The first kappa shape index (κ1) is 17.3. The number of rotatable bonds is 4. The van der Waals surface area contributed by atoms with Crippen LogP contribution in [-0.2, 0) is 0 Å². The molecule has 1 nitrogen and oxygen atoms in total.